The Kier molecular flexibility index (Phi) is 2.94. The Morgan fingerprint density at radius 3 is 2.73 bits per heavy atom. The first kappa shape index (κ1) is 8.60. The highest BCUT2D eigenvalue weighted by atomic mass is 32.1. The van der Waals surface area contributed by atoms with E-state index < -0.39 is 0 Å². The SMILES string of the molecule is CC(C)CCc1cc(N)cs1. The summed E-state index contributed by atoms with van der Waals surface area (Å²) >= 11 is 1.77. The fraction of sp³-hybridized carbons (Fsp3) is 0.556. The van der Waals surface area contributed by atoms with Gasteiger partial charge in [-0.2, -0.15) is 0 Å². The summed E-state index contributed by atoms with van der Waals surface area (Å²) in [7, 11) is 0. The Morgan fingerprint density at radius 1 is 1.55 bits per heavy atom. The highest BCUT2D eigenvalue weighted by Crippen LogP contribution is 2.19. The average Bonchev–Trinajstić information content (AvgIpc) is 2.31. The molecule has 0 amide bonds. The van der Waals surface area contributed by atoms with Crippen molar-refractivity contribution in [3.8, 4) is 0 Å². The van der Waals surface area contributed by atoms with Gasteiger partial charge in [-0.3, -0.25) is 0 Å². The van der Waals surface area contributed by atoms with E-state index in [0.717, 1.165) is 11.6 Å². The quantitative estimate of drug-likeness (QED) is 0.739. The molecule has 0 saturated heterocycles. The van der Waals surface area contributed by atoms with Crippen molar-refractivity contribution in [3.63, 3.8) is 0 Å². The summed E-state index contributed by atoms with van der Waals surface area (Å²) in [5, 5.41) is 2.01. The first-order valence-corrected chi connectivity index (χ1v) is 4.89. The van der Waals surface area contributed by atoms with Gasteiger partial charge in [0.05, 0.1) is 0 Å². The van der Waals surface area contributed by atoms with E-state index in [9.17, 15) is 0 Å². The Morgan fingerprint density at radius 2 is 2.27 bits per heavy atom. The molecule has 0 unspecified atom stereocenters. The summed E-state index contributed by atoms with van der Waals surface area (Å²) < 4.78 is 0. The molecule has 0 aliphatic heterocycles. The van der Waals surface area contributed by atoms with Gasteiger partial charge in [-0.15, -0.1) is 11.3 Å². The maximum Gasteiger partial charge on any atom is 0.0425 e. The summed E-state index contributed by atoms with van der Waals surface area (Å²) in [4.78, 5) is 1.41. The minimum absolute atomic E-state index is 0.790. The molecule has 1 rings (SSSR count). The van der Waals surface area contributed by atoms with E-state index in [1.54, 1.807) is 11.3 Å². The van der Waals surface area contributed by atoms with Gasteiger partial charge in [0, 0.05) is 15.9 Å². The largest absolute Gasteiger partial charge is 0.398 e. The lowest BCUT2D eigenvalue weighted by atomic mass is 10.1. The summed E-state index contributed by atoms with van der Waals surface area (Å²) in [5.41, 5.74) is 6.51. The molecular formula is C9H15NS. The maximum absolute atomic E-state index is 5.60. The van der Waals surface area contributed by atoms with Crippen molar-refractivity contribution in [2.24, 2.45) is 5.92 Å². The summed E-state index contributed by atoms with van der Waals surface area (Å²) in [6.45, 7) is 4.49. The second kappa shape index (κ2) is 3.77. The number of rotatable bonds is 3. The van der Waals surface area contributed by atoms with Crippen LogP contribution in [0, 0.1) is 5.92 Å². The van der Waals surface area contributed by atoms with E-state index in [-0.39, 0.29) is 0 Å². The monoisotopic (exact) mass is 169 g/mol. The van der Waals surface area contributed by atoms with Gasteiger partial charge >= 0.3 is 0 Å². The van der Waals surface area contributed by atoms with Crippen LogP contribution in [0.3, 0.4) is 0 Å². The van der Waals surface area contributed by atoms with Crippen molar-refractivity contribution in [3.05, 3.63) is 16.3 Å². The van der Waals surface area contributed by atoms with E-state index in [4.69, 9.17) is 5.73 Å². The number of hydrogen-bond donors (Lipinski definition) is 1. The third-order valence-electron chi connectivity index (χ3n) is 1.64. The molecule has 0 aliphatic carbocycles. The molecule has 0 fully saturated rings. The third kappa shape index (κ3) is 2.93. The number of aryl methyl sites for hydroxylation is 1. The van der Waals surface area contributed by atoms with Gasteiger partial charge in [0.15, 0.2) is 0 Å². The molecule has 2 N–H and O–H groups in total. The Labute approximate surface area is 72.2 Å². The minimum atomic E-state index is 0.790. The van der Waals surface area contributed by atoms with Gasteiger partial charge in [-0.1, -0.05) is 13.8 Å². The summed E-state index contributed by atoms with van der Waals surface area (Å²) in [6, 6.07) is 2.08. The van der Waals surface area contributed by atoms with Crippen molar-refractivity contribution < 1.29 is 0 Å². The van der Waals surface area contributed by atoms with E-state index >= 15 is 0 Å². The smallest absolute Gasteiger partial charge is 0.0425 e. The molecule has 1 aromatic rings. The number of anilines is 1. The molecule has 0 radical (unpaired) electrons. The van der Waals surface area contributed by atoms with Crippen LogP contribution in [0.2, 0.25) is 0 Å². The predicted molar refractivity (Wildman–Crippen MR) is 51.9 cm³/mol. The molecule has 2 heteroatoms. The molecule has 0 saturated carbocycles. The van der Waals surface area contributed by atoms with Crippen LogP contribution in [-0.2, 0) is 6.42 Å². The number of hydrogen-bond acceptors (Lipinski definition) is 2. The fourth-order valence-corrected chi connectivity index (χ4v) is 1.76. The Balaban J connectivity index is 2.39. The van der Waals surface area contributed by atoms with Gasteiger partial charge < -0.3 is 5.73 Å². The first-order valence-electron chi connectivity index (χ1n) is 4.01. The Bertz CT molecular complexity index is 215. The van der Waals surface area contributed by atoms with Crippen LogP contribution >= 0.6 is 11.3 Å². The van der Waals surface area contributed by atoms with Crippen molar-refractivity contribution in [1.29, 1.82) is 0 Å². The lowest BCUT2D eigenvalue weighted by Gasteiger charge is -2.00. The van der Waals surface area contributed by atoms with Crippen LogP contribution in [0.25, 0.3) is 0 Å². The molecule has 1 heterocycles. The van der Waals surface area contributed by atoms with Crippen molar-refractivity contribution in [2.75, 3.05) is 5.73 Å². The molecule has 1 aromatic heterocycles. The third-order valence-corrected chi connectivity index (χ3v) is 2.66. The first-order chi connectivity index (χ1) is 5.18. The molecule has 0 aliphatic rings. The van der Waals surface area contributed by atoms with Gasteiger partial charge in [0.2, 0.25) is 0 Å². The van der Waals surface area contributed by atoms with Crippen LogP contribution in [0.5, 0.6) is 0 Å². The molecule has 0 bridgehead atoms. The van der Waals surface area contributed by atoms with E-state index in [1.807, 2.05) is 5.38 Å². The zero-order chi connectivity index (χ0) is 8.27. The number of nitrogen functional groups attached to an aromatic ring is 1. The summed E-state index contributed by atoms with van der Waals surface area (Å²) in [6.07, 6.45) is 2.44. The minimum Gasteiger partial charge on any atom is -0.398 e. The molecular weight excluding hydrogens is 154 g/mol. The van der Waals surface area contributed by atoms with Crippen LogP contribution in [0.15, 0.2) is 11.4 Å². The Hall–Kier alpha value is -0.500. The van der Waals surface area contributed by atoms with Crippen molar-refractivity contribution in [1.82, 2.24) is 0 Å². The van der Waals surface area contributed by atoms with Gasteiger partial charge in [-0.05, 0) is 24.8 Å². The van der Waals surface area contributed by atoms with Crippen LogP contribution in [0.4, 0.5) is 5.69 Å². The zero-order valence-electron chi connectivity index (χ0n) is 7.13. The lowest BCUT2D eigenvalue weighted by Crippen LogP contribution is -1.89. The molecule has 62 valence electrons. The number of nitrogens with two attached hydrogens (primary N) is 1. The van der Waals surface area contributed by atoms with E-state index in [2.05, 4.69) is 19.9 Å². The van der Waals surface area contributed by atoms with E-state index in [0.29, 0.717) is 0 Å². The second-order valence-corrected chi connectivity index (χ2v) is 4.27. The van der Waals surface area contributed by atoms with Crippen LogP contribution in [0.1, 0.15) is 25.1 Å². The second-order valence-electron chi connectivity index (χ2n) is 3.28. The van der Waals surface area contributed by atoms with E-state index in [1.165, 1.54) is 17.7 Å². The van der Waals surface area contributed by atoms with Gasteiger partial charge in [0.25, 0.3) is 0 Å². The summed E-state index contributed by atoms with van der Waals surface area (Å²) in [5.74, 6) is 0.790. The predicted octanol–water partition coefficient (Wildman–Crippen LogP) is 2.92. The van der Waals surface area contributed by atoms with Crippen molar-refractivity contribution in [2.45, 2.75) is 26.7 Å². The fourth-order valence-electron chi connectivity index (χ4n) is 0.960. The van der Waals surface area contributed by atoms with Gasteiger partial charge in [-0.25, -0.2) is 0 Å². The average molecular weight is 169 g/mol. The normalized spacial score (nSPS) is 10.8. The van der Waals surface area contributed by atoms with Crippen LogP contribution < -0.4 is 5.73 Å². The standard InChI is InChI=1S/C9H15NS/c1-7(2)3-4-9-5-8(10)6-11-9/h5-7H,3-4,10H2,1-2H3. The van der Waals surface area contributed by atoms with Crippen molar-refractivity contribution >= 4 is 17.0 Å². The van der Waals surface area contributed by atoms with Gasteiger partial charge in [0.1, 0.15) is 0 Å². The lowest BCUT2D eigenvalue weighted by molar-refractivity contribution is 0.590. The zero-order valence-corrected chi connectivity index (χ0v) is 7.95. The topological polar surface area (TPSA) is 26.0 Å². The maximum atomic E-state index is 5.60. The molecule has 0 atom stereocenters. The number of thiophene rings is 1. The highest BCUT2D eigenvalue weighted by molar-refractivity contribution is 7.10. The molecule has 11 heavy (non-hydrogen) atoms. The molecule has 1 nitrogen and oxygen atoms in total. The highest BCUT2D eigenvalue weighted by Gasteiger charge is 1.98. The molecule has 0 aromatic carbocycles. The molecule has 0 spiro atoms. The van der Waals surface area contributed by atoms with Crippen LogP contribution in [-0.4, -0.2) is 0 Å².